The average Bonchev–Trinajstić information content (AvgIpc) is 2.82. The van der Waals surface area contributed by atoms with E-state index in [2.05, 4.69) is 56.5 Å². The van der Waals surface area contributed by atoms with E-state index >= 15 is 0 Å². The van der Waals surface area contributed by atoms with Gasteiger partial charge in [-0.2, -0.15) is 0 Å². The largest absolute Gasteiger partial charge is 0.497 e. The molecular weight excluding hydrogens is 517 g/mol. The number of rotatable bonds is 7. The highest BCUT2D eigenvalue weighted by molar-refractivity contribution is 14.0. The molecule has 2 aromatic rings. The maximum atomic E-state index is 12.1. The Balaban J connectivity index is 0.00000363. The molecule has 0 saturated carbocycles. The zero-order valence-electron chi connectivity index (χ0n) is 19.2. The summed E-state index contributed by atoms with van der Waals surface area (Å²) >= 11 is 0. The molecule has 0 atom stereocenters. The van der Waals surface area contributed by atoms with Crippen LogP contribution >= 0.6 is 24.0 Å². The van der Waals surface area contributed by atoms with Crippen molar-refractivity contribution in [3.8, 4) is 5.75 Å². The molecule has 0 aromatic heterocycles. The predicted molar refractivity (Wildman–Crippen MR) is 141 cm³/mol. The van der Waals surface area contributed by atoms with Crippen LogP contribution in [0.5, 0.6) is 5.75 Å². The van der Waals surface area contributed by atoms with Crippen molar-refractivity contribution in [1.29, 1.82) is 0 Å². The van der Waals surface area contributed by atoms with Gasteiger partial charge < -0.3 is 24.8 Å². The summed E-state index contributed by atoms with van der Waals surface area (Å²) in [5.74, 6) is 1.66. The number of benzene rings is 2. The molecule has 1 saturated heterocycles. The van der Waals surface area contributed by atoms with Gasteiger partial charge in [0.1, 0.15) is 12.3 Å². The Morgan fingerprint density at radius 3 is 2.28 bits per heavy atom. The monoisotopic (exact) mass is 551 g/mol. The Bertz CT molecular complexity index is 850. The summed E-state index contributed by atoms with van der Waals surface area (Å²) in [5.41, 5.74) is 2.47. The lowest BCUT2D eigenvalue weighted by Crippen LogP contribution is -2.53. The molecule has 1 fully saturated rings. The molecular formula is C24H34IN5O2. The van der Waals surface area contributed by atoms with E-state index in [0.717, 1.165) is 50.9 Å². The number of halogens is 1. The number of guanidine groups is 1. The molecule has 174 valence electrons. The van der Waals surface area contributed by atoms with E-state index in [1.807, 2.05) is 18.2 Å². The fourth-order valence-corrected chi connectivity index (χ4v) is 3.48. The Morgan fingerprint density at radius 1 is 1.03 bits per heavy atom. The lowest BCUT2D eigenvalue weighted by molar-refractivity contribution is -0.127. The van der Waals surface area contributed by atoms with Crippen molar-refractivity contribution in [2.24, 2.45) is 4.99 Å². The second-order valence-electron chi connectivity index (χ2n) is 7.76. The minimum absolute atomic E-state index is 0. The van der Waals surface area contributed by atoms with Crippen molar-refractivity contribution < 1.29 is 9.53 Å². The molecule has 1 heterocycles. The maximum absolute atomic E-state index is 12.1. The zero-order valence-corrected chi connectivity index (χ0v) is 21.5. The highest BCUT2D eigenvalue weighted by Gasteiger charge is 2.20. The van der Waals surface area contributed by atoms with E-state index in [-0.39, 0.29) is 36.4 Å². The van der Waals surface area contributed by atoms with Crippen molar-refractivity contribution >= 4 is 41.5 Å². The number of nitrogens with zero attached hydrogens (tertiary/aromatic N) is 4. The molecule has 1 aliphatic heterocycles. The van der Waals surface area contributed by atoms with E-state index < -0.39 is 0 Å². The van der Waals surface area contributed by atoms with Crippen LogP contribution < -0.4 is 15.0 Å². The van der Waals surface area contributed by atoms with Gasteiger partial charge in [0.25, 0.3) is 0 Å². The number of carbonyl (C=O) groups excluding carboxylic acids is 1. The summed E-state index contributed by atoms with van der Waals surface area (Å²) in [6, 6.07) is 18.6. The van der Waals surface area contributed by atoms with E-state index in [0.29, 0.717) is 0 Å². The minimum Gasteiger partial charge on any atom is -0.497 e. The first-order valence-electron chi connectivity index (χ1n) is 10.7. The van der Waals surface area contributed by atoms with Crippen LogP contribution in [0.25, 0.3) is 0 Å². The number of anilines is 1. The van der Waals surface area contributed by atoms with Gasteiger partial charge in [-0.05, 0) is 36.2 Å². The van der Waals surface area contributed by atoms with Gasteiger partial charge in [0.2, 0.25) is 5.91 Å². The Morgan fingerprint density at radius 2 is 1.69 bits per heavy atom. The zero-order chi connectivity index (χ0) is 22.1. The molecule has 1 amide bonds. The van der Waals surface area contributed by atoms with E-state index in [1.165, 1.54) is 11.3 Å². The topological polar surface area (TPSA) is 60.4 Å². The molecule has 0 bridgehead atoms. The quantitative estimate of drug-likeness (QED) is 0.326. The van der Waals surface area contributed by atoms with Crippen molar-refractivity contribution in [3.63, 3.8) is 0 Å². The number of hydrogen-bond acceptors (Lipinski definition) is 4. The first kappa shape index (κ1) is 25.8. The Labute approximate surface area is 208 Å². The first-order chi connectivity index (χ1) is 15.1. The lowest BCUT2D eigenvalue weighted by Gasteiger charge is -2.37. The molecule has 8 heteroatoms. The number of nitrogens with one attached hydrogen (secondary N) is 1. The molecule has 32 heavy (non-hydrogen) atoms. The summed E-state index contributed by atoms with van der Waals surface area (Å²) in [5, 5.41) is 3.47. The van der Waals surface area contributed by atoms with Crippen LogP contribution in [0.2, 0.25) is 0 Å². The van der Waals surface area contributed by atoms with Gasteiger partial charge in [-0.25, -0.2) is 4.99 Å². The van der Waals surface area contributed by atoms with E-state index in [4.69, 9.17) is 4.74 Å². The molecule has 0 aliphatic carbocycles. The summed E-state index contributed by atoms with van der Waals surface area (Å²) in [6.07, 6.45) is 0.870. The second-order valence-corrected chi connectivity index (χ2v) is 7.76. The number of aliphatic imine (C=N–C) groups is 1. The van der Waals surface area contributed by atoms with Crippen molar-refractivity contribution in [1.82, 2.24) is 15.1 Å². The standard InChI is InChI=1S/C24H33N5O2.HI/c1-27(2)23(30)19-26-24(25-14-13-20-9-11-22(31-3)12-10-20)29-17-15-28(16-18-29)21-7-5-4-6-8-21;/h4-12H,13-19H2,1-3H3,(H,25,26);1H. The number of piperazine rings is 1. The van der Waals surface area contributed by atoms with Gasteiger partial charge in [0, 0.05) is 52.5 Å². The van der Waals surface area contributed by atoms with Gasteiger partial charge in [0.15, 0.2) is 5.96 Å². The first-order valence-corrected chi connectivity index (χ1v) is 10.7. The van der Waals surface area contributed by atoms with Gasteiger partial charge in [-0.3, -0.25) is 4.79 Å². The van der Waals surface area contributed by atoms with Crippen molar-refractivity contribution in [3.05, 3.63) is 60.2 Å². The number of hydrogen-bond donors (Lipinski definition) is 1. The summed E-state index contributed by atoms with van der Waals surface area (Å²) < 4.78 is 5.22. The van der Waals surface area contributed by atoms with Crippen molar-refractivity contribution in [2.75, 3.05) is 65.4 Å². The van der Waals surface area contributed by atoms with Gasteiger partial charge in [-0.1, -0.05) is 30.3 Å². The molecule has 2 aromatic carbocycles. The molecule has 0 unspecified atom stereocenters. The summed E-state index contributed by atoms with van der Waals surface area (Å²) in [6.45, 7) is 4.46. The molecule has 1 N–H and O–H groups in total. The summed E-state index contributed by atoms with van der Waals surface area (Å²) in [7, 11) is 5.19. The predicted octanol–water partition coefficient (Wildman–Crippen LogP) is 2.71. The minimum atomic E-state index is -0.00243. The highest BCUT2D eigenvalue weighted by atomic mass is 127. The highest BCUT2D eigenvalue weighted by Crippen LogP contribution is 2.16. The Hall–Kier alpha value is -2.49. The van der Waals surface area contributed by atoms with Crippen LogP contribution in [0, 0.1) is 0 Å². The normalized spacial score (nSPS) is 13.9. The fraction of sp³-hybridized carbons (Fsp3) is 0.417. The molecule has 3 rings (SSSR count). The molecule has 0 radical (unpaired) electrons. The van der Waals surface area contributed by atoms with E-state index in [1.54, 1.807) is 26.1 Å². The third-order valence-corrected chi connectivity index (χ3v) is 5.42. The van der Waals surface area contributed by atoms with Gasteiger partial charge in [0.05, 0.1) is 7.11 Å². The van der Waals surface area contributed by atoms with Crippen LogP contribution in [-0.4, -0.2) is 82.1 Å². The average molecular weight is 551 g/mol. The SMILES string of the molecule is COc1ccc(CCNC(=NCC(=O)N(C)C)N2CCN(c3ccccc3)CC2)cc1.I. The number of carbonyl (C=O) groups is 1. The number of methoxy groups -OCH3 is 1. The third kappa shape index (κ3) is 7.58. The second kappa shape index (κ2) is 13.1. The maximum Gasteiger partial charge on any atom is 0.243 e. The smallest absolute Gasteiger partial charge is 0.243 e. The fourth-order valence-electron chi connectivity index (χ4n) is 3.48. The number of ether oxygens (including phenoxy) is 1. The lowest BCUT2D eigenvalue weighted by atomic mass is 10.1. The number of amides is 1. The molecule has 1 aliphatic rings. The van der Waals surface area contributed by atoms with Crippen molar-refractivity contribution in [2.45, 2.75) is 6.42 Å². The van der Waals surface area contributed by atoms with E-state index in [9.17, 15) is 4.79 Å². The number of likely N-dealkylation sites (N-methyl/N-ethyl adjacent to an activating group) is 1. The summed E-state index contributed by atoms with van der Waals surface area (Å²) in [4.78, 5) is 22.9. The third-order valence-electron chi connectivity index (χ3n) is 5.42. The van der Waals surface area contributed by atoms with Crippen LogP contribution in [-0.2, 0) is 11.2 Å². The van der Waals surface area contributed by atoms with Crippen LogP contribution in [0.1, 0.15) is 5.56 Å². The molecule has 0 spiro atoms. The Kier molecular flexibility index (Phi) is 10.6. The van der Waals surface area contributed by atoms with Gasteiger partial charge in [-0.15, -0.1) is 24.0 Å². The van der Waals surface area contributed by atoms with Crippen LogP contribution in [0.4, 0.5) is 5.69 Å². The molecule has 7 nitrogen and oxygen atoms in total. The van der Waals surface area contributed by atoms with Crippen LogP contribution in [0.3, 0.4) is 0 Å². The van der Waals surface area contributed by atoms with Gasteiger partial charge >= 0.3 is 0 Å². The van der Waals surface area contributed by atoms with Crippen LogP contribution in [0.15, 0.2) is 59.6 Å². The number of para-hydroxylation sites is 1.